The van der Waals surface area contributed by atoms with Crippen LogP contribution in [-0.4, -0.2) is 27.4 Å². The van der Waals surface area contributed by atoms with Gasteiger partial charge >= 0.3 is 6.09 Å². The van der Waals surface area contributed by atoms with Crippen molar-refractivity contribution in [2.45, 2.75) is 19.8 Å². The third-order valence-corrected chi connectivity index (χ3v) is 2.89. The molecule has 1 aromatic heterocycles. The number of unbranched alkanes of at least 4 members (excludes halogenated alkanes) is 1. The SMILES string of the molecule is CCCCOC(=O)Nc1ccnn1-c1cccc([N+](=O)[O-])c1. The lowest BCUT2D eigenvalue weighted by molar-refractivity contribution is -0.384. The van der Waals surface area contributed by atoms with Crippen LogP contribution in [0.15, 0.2) is 36.5 Å². The molecular weight excluding hydrogens is 288 g/mol. The molecule has 0 bridgehead atoms. The first-order valence-corrected chi connectivity index (χ1v) is 6.84. The average Bonchev–Trinajstić information content (AvgIpc) is 2.95. The molecule has 0 aliphatic rings. The number of nitro groups is 1. The fourth-order valence-electron chi connectivity index (χ4n) is 1.79. The number of anilines is 1. The molecule has 1 heterocycles. The zero-order valence-electron chi connectivity index (χ0n) is 12.1. The Kier molecular flexibility index (Phi) is 5.07. The van der Waals surface area contributed by atoms with Gasteiger partial charge in [-0.15, -0.1) is 0 Å². The van der Waals surface area contributed by atoms with Crippen molar-refractivity contribution < 1.29 is 14.5 Å². The molecule has 0 atom stereocenters. The minimum Gasteiger partial charge on any atom is -0.449 e. The number of amides is 1. The lowest BCUT2D eigenvalue weighted by Crippen LogP contribution is -2.17. The Balaban J connectivity index is 2.14. The quantitative estimate of drug-likeness (QED) is 0.502. The van der Waals surface area contributed by atoms with Crippen LogP contribution in [0.25, 0.3) is 5.69 Å². The molecule has 0 fully saturated rings. The van der Waals surface area contributed by atoms with Gasteiger partial charge in [0.05, 0.1) is 23.4 Å². The maximum absolute atomic E-state index is 11.7. The van der Waals surface area contributed by atoms with Gasteiger partial charge in [0.2, 0.25) is 0 Å². The number of nitrogens with zero attached hydrogens (tertiary/aromatic N) is 3. The average molecular weight is 304 g/mol. The van der Waals surface area contributed by atoms with Crippen LogP contribution in [-0.2, 0) is 4.74 Å². The summed E-state index contributed by atoms with van der Waals surface area (Å²) < 4.78 is 6.41. The minimum absolute atomic E-state index is 0.0514. The molecule has 8 heteroatoms. The number of nitrogens with one attached hydrogen (secondary N) is 1. The zero-order valence-corrected chi connectivity index (χ0v) is 12.1. The molecule has 8 nitrogen and oxygen atoms in total. The summed E-state index contributed by atoms with van der Waals surface area (Å²) in [4.78, 5) is 22.0. The largest absolute Gasteiger partial charge is 0.449 e. The van der Waals surface area contributed by atoms with Crippen LogP contribution in [0.1, 0.15) is 19.8 Å². The Bertz CT molecular complexity index is 668. The number of aromatic nitrogens is 2. The van der Waals surface area contributed by atoms with Crippen molar-refractivity contribution in [1.82, 2.24) is 9.78 Å². The van der Waals surface area contributed by atoms with Crippen LogP contribution in [0, 0.1) is 10.1 Å². The second kappa shape index (κ2) is 7.21. The van der Waals surface area contributed by atoms with Crippen molar-refractivity contribution in [2.24, 2.45) is 0 Å². The van der Waals surface area contributed by atoms with E-state index in [9.17, 15) is 14.9 Å². The standard InChI is InChI=1S/C14H16N4O4/c1-2-3-9-22-14(19)16-13-7-8-15-17(13)11-5-4-6-12(10-11)18(20)21/h4-8,10H,2-3,9H2,1H3,(H,16,19). The summed E-state index contributed by atoms with van der Waals surface area (Å²) in [6.45, 7) is 2.34. The third kappa shape index (κ3) is 3.81. The first-order valence-electron chi connectivity index (χ1n) is 6.84. The lowest BCUT2D eigenvalue weighted by atomic mass is 10.3. The second-order valence-corrected chi connectivity index (χ2v) is 4.52. The van der Waals surface area contributed by atoms with Crippen molar-refractivity contribution >= 4 is 17.6 Å². The number of carbonyl (C=O) groups is 1. The van der Waals surface area contributed by atoms with Gasteiger partial charge in [-0.25, -0.2) is 9.48 Å². The lowest BCUT2D eigenvalue weighted by Gasteiger charge is -2.09. The molecule has 2 aromatic rings. The van der Waals surface area contributed by atoms with Crippen LogP contribution in [0.3, 0.4) is 0 Å². The topological polar surface area (TPSA) is 99.3 Å². The molecule has 0 saturated carbocycles. The summed E-state index contributed by atoms with van der Waals surface area (Å²) in [5.41, 5.74) is 0.424. The summed E-state index contributed by atoms with van der Waals surface area (Å²) in [6, 6.07) is 7.56. The fourth-order valence-corrected chi connectivity index (χ4v) is 1.79. The van der Waals surface area contributed by atoms with Crippen LogP contribution >= 0.6 is 0 Å². The highest BCUT2D eigenvalue weighted by atomic mass is 16.6. The normalized spacial score (nSPS) is 10.2. The first-order chi connectivity index (χ1) is 10.6. The molecule has 1 amide bonds. The fraction of sp³-hybridized carbons (Fsp3) is 0.286. The number of hydrogen-bond acceptors (Lipinski definition) is 5. The summed E-state index contributed by atoms with van der Waals surface area (Å²) in [5.74, 6) is 0.377. The van der Waals surface area contributed by atoms with Crippen molar-refractivity contribution in [3.63, 3.8) is 0 Å². The van der Waals surface area contributed by atoms with E-state index in [0.717, 1.165) is 12.8 Å². The predicted octanol–water partition coefficient (Wildman–Crippen LogP) is 3.13. The predicted molar refractivity (Wildman–Crippen MR) is 80.1 cm³/mol. The van der Waals surface area contributed by atoms with E-state index in [1.54, 1.807) is 18.2 Å². The van der Waals surface area contributed by atoms with Crippen molar-refractivity contribution in [3.05, 3.63) is 46.6 Å². The Labute approximate surface area is 126 Å². The third-order valence-electron chi connectivity index (χ3n) is 2.89. The number of carbonyl (C=O) groups excluding carboxylic acids is 1. The summed E-state index contributed by atoms with van der Waals surface area (Å²) in [6.07, 6.45) is 2.62. The van der Waals surface area contributed by atoms with Gasteiger partial charge in [0.1, 0.15) is 5.82 Å². The van der Waals surface area contributed by atoms with Crippen LogP contribution < -0.4 is 5.32 Å². The van der Waals surface area contributed by atoms with Crippen LogP contribution in [0.2, 0.25) is 0 Å². The van der Waals surface area contributed by atoms with Crippen molar-refractivity contribution in [3.8, 4) is 5.69 Å². The molecule has 1 N–H and O–H groups in total. The van der Waals surface area contributed by atoms with E-state index in [1.807, 2.05) is 6.92 Å². The number of non-ortho nitro benzene ring substituents is 1. The molecule has 0 radical (unpaired) electrons. The first kappa shape index (κ1) is 15.5. The van der Waals surface area contributed by atoms with E-state index >= 15 is 0 Å². The molecule has 1 aromatic carbocycles. The summed E-state index contributed by atoms with van der Waals surface area (Å²) >= 11 is 0. The van der Waals surface area contributed by atoms with E-state index in [4.69, 9.17) is 4.74 Å². The molecule has 22 heavy (non-hydrogen) atoms. The molecule has 2 rings (SSSR count). The highest BCUT2D eigenvalue weighted by Crippen LogP contribution is 2.19. The Morgan fingerprint density at radius 3 is 3.00 bits per heavy atom. The van der Waals surface area contributed by atoms with Crippen LogP contribution in [0.5, 0.6) is 0 Å². The summed E-state index contributed by atoms with van der Waals surface area (Å²) in [5, 5.41) is 17.4. The highest BCUT2D eigenvalue weighted by Gasteiger charge is 2.12. The van der Waals surface area contributed by atoms with E-state index < -0.39 is 11.0 Å². The molecular formula is C14H16N4O4. The van der Waals surface area contributed by atoms with E-state index in [-0.39, 0.29) is 5.69 Å². The zero-order chi connectivity index (χ0) is 15.9. The Hall–Kier alpha value is -2.90. The van der Waals surface area contributed by atoms with E-state index in [1.165, 1.54) is 23.0 Å². The molecule has 0 aliphatic carbocycles. The second-order valence-electron chi connectivity index (χ2n) is 4.52. The van der Waals surface area contributed by atoms with Gasteiger partial charge in [0.15, 0.2) is 0 Å². The van der Waals surface area contributed by atoms with Crippen molar-refractivity contribution in [2.75, 3.05) is 11.9 Å². The van der Waals surface area contributed by atoms with Gasteiger partial charge in [0.25, 0.3) is 5.69 Å². The monoisotopic (exact) mass is 304 g/mol. The molecule has 116 valence electrons. The van der Waals surface area contributed by atoms with Gasteiger partial charge in [0, 0.05) is 18.2 Å². The maximum Gasteiger partial charge on any atom is 0.412 e. The maximum atomic E-state index is 11.7. The van der Waals surface area contributed by atoms with Gasteiger partial charge in [-0.3, -0.25) is 15.4 Å². The van der Waals surface area contributed by atoms with Crippen molar-refractivity contribution in [1.29, 1.82) is 0 Å². The number of benzene rings is 1. The number of nitro benzene ring substituents is 1. The highest BCUT2D eigenvalue weighted by molar-refractivity contribution is 5.83. The van der Waals surface area contributed by atoms with Gasteiger partial charge in [-0.05, 0) is 12.5 Å². The Morgan fingerprint density at radius 1 is 1.45 bits per heavy atom. The minimum atomic E-state index is -0.583. The number of rotatable bonds is 6. The molecule has 0 spiro atoms. The van der Waals surface area contributed by atoms with E-state index in [2.05, 4.69) is 10.4 Å². The number of hydrogen-bond donors (Lipinski definition) is 1. The van der Waals surface area contributed by atoms with Gasteiger partial charge in [-0.2, -0.15) is 5.10 Å². The number of ether oxygens (including phenoxy) is 1. The van der Waals surface area contributed by atoms with E-state index in [0.29, 0.717) is 18.1 Å². The van der Waals surface area contributed by atoms with Gasteiger partial charge < -0.3 is 4.74 Å². The van der Waals surface area contributed by atoms with Gasteiger partial charge in [-0.1, -0.05) is 19.4 Å². The summed E-state index contributed by atoms with van der Waals surface area (Å²) in [7, 11) is 0. The molecule has 0 saturated heterocycles. The van der Waals surface area contributed by atoms with Crippen LogP contribution in [0.4, 0.5) is 16.3 Å². The Morgan fingerprint density at radius 2 is 2.27 bits per heavy atom. The molecule has 0 aliphatic heterocycles. The smallest absolute Gasteiger partial charge is 0.412 e. The molecule has 0 unspecified atom stereocenters.